The van der Waals surface area contributed by atoms with E-state index in [1.165, 1.54) is 0 Å². The number of aryl methyl sites for hydroxylation is 1. The van der Waals surface area contributed by atoms with Crippen LogP contribution >= 0.6 is 12.4 Å². The zero-order chi connectivity index (χ0) is 15.8. The van der Waals surface area contributed by atoms with Crippen molar-refractivity contribution in [2.75, 3.05) is 13.6 Å². The number of carbonyl (C=O) groups excluding carboxylic acids is 1. The number of benzene rings is 1. The molecule has 0 saturated heterocycles. The highest BCUT2D eigenvalue weighted by atomic mass is 35.5. The number of nitrogens with one attached hydrogen (secondary N) is 1. The summed E-state index contributed by atoms with van der Waals surface area (Å²) in [6.07, 6.45) is 1.28. The lowest BCUT2D eigenvalue weighted by molar-refractivity contribution is -0.140. The predicted octanol–water partition coefficient (Wildman–Crippen LogP) is 2.22. The Bertz CT molecular complexity index is 494. The first kappa shape index (κ1) is 20.4. The lowest BCUT2D eigenvalue weighted by Gasteiger charge is -2.20. The molecule has 22 heavy (non-hydrogen) atoms. The summed E-state index contributed by atoms with van der Waals surface area (Å²) in [5.41, 5.74) is 2.23. The maximum atomic E-state index is 12.1. The molecule has 1 rings (SSSR count). The molecule has 6 heteroatoms. The molecule has 0 heterocycles. The van der Waals surface area contributed by atoms with Gasteiger partial charge in [0.2, 0.25) is 5.91 Å². The number of nitrogens with zero attached hydrogens (tertiary/aromatic N) is 1. The van der Waals surface area contributed by atoms with Crippen LogP contribution in [0.15, 0.2) is 24.3 Å². The predicted molar refractivity (Wildman–Crippen MR) is 89.2 cm³/mol. The topological polar surface area (TPSA) is 69.6 Å². The number of aliphatic carboxylic acids is 1. The minimum atomic E-state index is -0.911. The summed E-state index contributed by atoms with van der Waals surface area (Å²) < 4.78 is 0. The number of carbonyl (C=O) groups is 2. The van der Waals surface area contributed by atoms with Crippen molar-refractivity contribution < 1.29 is 14.7 Å². The van der Waals surface area contributed by atoms with E-state index < -0.39 is 12.0 Å². The van der Waals surface area contributed by atoms with Crippen LogP contribution in [0.2, 0.25) is 0 Å². The van der Waals surface area contributed by atoms with E-state index in [0.29, 0.717) is 13.0 Å². The molecule has 0 aliphatic heterocycles. The molecule has 0 saturated carbocycles. The van der Waals surface area contributed by atoms with Gasteiger partial charge in [-0.2, -0.15) is 0 Å². The highest BCUT2D eigenvalue weighted by molar-refractivity contribution is 5.85. The standard InChI is InChI=1S/C16H24N2O3.ClH/c1-4-7-14(16(20)21)17-10-15(19)18(3)11-13-9-6-5-8-12(13)2;/h5-6,8-9,14,17H,4,7,10-11H2,1-3H3,(H,20,21);1H. The molecule has 124 valence electrons. The summed E-state index contributed by atoms with van der Waals surface area (Å²) in [6, 6.07) is 7.24. The molecule has 2 N–H and O–H groups in total. The summed E-state index contributed by atoms with van der Waals surface area (Å²) in [5, 5.41) is 11.9. The van der Waals surface area contributed by atoms with Gasteiger partial charge in [0.25, 0.3) is 0 Å². The maximum absolute atomic E-state index is 12.1. The van der Waals surface area contributed by atoms with Gasteiger partial charge in [0, 0.05) is 13.6 Å². The highest BCUT2D eigenvalue weighted by Crippen LogP contribution is 2.09. The maximum Gasteiger partial charge on any atom is 0.320 e. The number of hydrogen-bond donors (Lipinski definition) is 2. The Balaban J connectivity index is 0.00000441. The van der Waals surface area contributed by atoms with Crippen molar-refractivity contribution in [3.63, 3.8) is 0 Å². The van der Waals surface area contributed by atoms with Gasteiger partial charge >= 0.3 is 5.97 Å². The first-order valence-corrected chi connectivity index (χ1v) is 7.20. The normalized spacial score (nSPS) is 11.4. The quantitative estimate of drug-likeness (QED) is 0.767. The molecule has 1 atom stereocenters. The van der Waals surface area contributed by atoms with Crippen LogP contribution in [-0.2, 0) is 16.1 Å². The van der Waals surface area contributed by atoms with E-state index in [1.807, 2.05) is 38.1 Å². The Labute approximate surface area is 138 Å². The van der Waals surface area contributed by atoms with Crippen LogP contribution in [0, 0.1) is 6.92 Å². The first-order valence-electron chi connectivity index (χ1n) is 7.20. The Kier molecular flexibility index (Phi) is 9.45. The largest absolute Gasteiger partial charge is 0.480 e. The van der Waals surface area contributed by atoms with Crippen LogP contribution in [0.3, 0.4) is 0 Å². The van der Waals surface area contributed by atoms with Gasteiger partial charge in [-0.05, 0) is 24.5 Å². The first-order chi connectivity index (χ1) is 9.95. The fourth-order valence-corrected chi connectivity index (χ4v) is 2.08. The van der Waals surface area contributed by atoms with Gasteiger partial charge in [-0.15, -0.1) is 12.4 Å². The Morgan fingerprint density at radius 2 is 1.95 bits per heavy atom. The number of rotatable bonds is 8. The zero-order valence-corrected chi connectivity index (χ0v) is 14.2. The van der Waals surface area contributed by atoms with Crippen molar-refractivity contribution in [2.24, 2.45) is 0 Å². The summed E-state index contributed by atoms with van der Waals surface area (Å²) in [5.74, 6) is -1.02. The Morgan fingerprint density at radius 1 is 1.32 bits per heavy atom. The number of hydrogen-bond acceptors (Lipinski definition) is 3. The van der Waals surface area contributed by atoms with E-state index in [4.69, 9.17) is 5.11 Å². The Hall–Kier alpha value is -1.59. The molecular weight excluding hydrogens is 304 g/mol. The van der Waals surface area contributed by atoms with Crippen molar-refractivity contribution in [3.8, 4) is 0 Å². The van der Waals surface area contributed by atoms with Crippen LogP contribution in [0.1, 0.15) is 30.9 Å². The van der Waals surface area contributed by atoms with Gasteiger partial charge in [-0.25, -0.2) is 0 Å². The Morgan fingerprint density at radius 3 is 2.50 bits per heavy atom. The van der Waals surface area contributed by atoms with E-state index >= 15 is 0 Å². The molecule has 0 radical (unpaired) electrons. The van der Waals surface area contributed by atoms with E-state index in [-0.39, 0.29) is 24.9 Å². The number of halogens is 1. The molecule has 1 aromatic carbocycles. The lowest BCUT2D eigenvalue weighted by atomic mass is 10.1. The third-order valence-electron chi connectivity index (χ3n) is 3.47. The molecule has 1 unspecified atom stereocenters. The van der Waals surface area contributed by atoms with Gasteiger partial charge in [0.05, 0.1) is 6.54 Å². The van der Waals surface area contributed by atoms with Gasteiger partial charge in [-0.3, -0.25) is 14.9 Å². The van der Waals surface area contributed by atoms with Crippen LogP contribution in [0.25, 0.3) is 0 Å². The smallest absolute Gasteiger partial charge is 0.320 e. The van der Waals surface area contributed by atoms with E-state index in [1.54, 1.807) is 11.9 Å². The summed E-state index contributed by atoms with van der Waals surface area (Å²) in [6.45, 7) is 4.50. The van der Waals surface area contributed by atoms with Crippen LogP contribution in [0.4, 0.5) is 0 Å². The molecule has 1 aromatic rings. The SMILES string of the molecule is CCCC(NCC(=O)N(C)Cc1ccccc1C)C(=O)O.Cl. The molecule has 0 aliphatic rings. The van der Waals surface area contributed by atoms with Gasteiger partial charge in [0.15, 0.2) is 0 Å². The molecule has 0 aromatic heterocycles. The van der Waals surface area contributed by atoms with Crippen molar-refractivity contribution >= 4 is 24.3 Å². The second kappa shape index (κ2) is 10.2. The second-order valence-electron chi connectivity index (χ2n) is 5.24. The fraction of sp³-hybridized carbons (Fsp3) is 0.500. The van der Waals surface area contributed by atoms with E-state index in [9.17, 15) is 9.59 Å². The molecular formula is C16H25ClN2O3. The van der Waals surface area contributed by atoms with Gasteiger partial charge < -0.3 is 10.0 Å². The van der Waals surface area contributed by atoms with Crippen molar-refractivity contribution in [1.29, 1.82) is 0 Å². The summed E-state index contributed by atoms with van der Waals surface area (Å²) in [7, 11) is 1.73. The summed E-state index contributed by atoms with van der Waals surface area (Å²) in [4.78, 5) is 24.7. The third-order valence-corrected chi connectivity index (χ3v) is 3.47. The average molecular weight is 329 g/mol. The highest BCUT2D eigenvalue weighted by Gasteiger charge is 2.18. The van der Waals surface area contributed by atoms with Crippen molar-refractivity contribution in [1.82, 2.24) is 10.2 Å². The van der Waals surface area contributed by atoms with Crippen molar-refractivity contribution in [2.45, 2.75) is 39.3 Å². The minimum absolute atomic E-state index is 0. The molecule has 0 bridgehead atoms. The van der Waals surface area contributed by atoms with Gasteiger partial charge in [0.1, 0.15) is 6.04 Å². The van der Waals surface area contributed by atoms with Crippen LogP contribution in [0.5, 0.6) is 0 Å². The second-order valence-corrected chi connectivity index (χ2v) is 5.24. The number of likely N-dealkylation sites (N-methyl/N-ethyl adjacent to an activating group) is 1. The number of amides is 1. The van der Waals surface area contributed by atoms with Crippen molar-refractivity contribution in [3.05, 3.63) is 35.4 Å². The molecule has 5 nitrogen and oxygen atoms in total. The molecule has 1 amide bonds. The number of carboxylic acids is 1. The van der Waals surface area contributed by atoms with Gasteiger partial charge in [-0.1, -0.05) is 37.6 Å². The molecule has 0 aliphatic carbocycles. The molecule has 0 fully saturated rings. The summed E-state index contributed by atoms with van der Waals surface area (Å²) >= 11 is 0. The minimum Gasteiger partial charge on any atom is -0.480 e. The zero-order valence-electron chi connectivity index (χ0n) is 13.3. The number of carboxylic acid groups (broad SMARTS) is 1. The van der Waals surface area contributed by atoms with Crippen LogP contribution < -0.4 is 5.32 Å². The fourth-order valence-electron chi connectivity index (χ4n) is 2.08. The monoisotopic (exact) mass is 328 g/mol. The molecule has 0 spiro atoms. The third kappa shape index (κ3) is 6.45. The van der Waals surface area contributed by atoms with E-state index in [2.05, 4.69) is 5.32 Å². The van der Waals surface area contributed by atoms with E-state index in [0.717, 1.165) is 17.5 Å². The average Bonchev–Trinajstić information content (AvgIpc) is 2.45. The van der Waals surface area contributed by atoms with Crippen LogP contribution in [-0.4, -0.2) is 41.5 Å². The lowest BCUT2D eigenvalue weighted by Crippen LogP contribution is -2.43.